The van der Waals surface area contributed by atoms with Crippen LogP contribution < -0.4 is 0 Å². The average Bonchev–Trinajstić information content (AvgIpc) is 2.68. The molecule has 0 aliphatic carbocycles. The molecule has 0 aromatic heterocycles. The number of amides is 2. The van der Waals surface area contributed by atoms with E-state index in [4.69, 9.17) is 0 Å². The van der Waals surface area contributed by atoms with Crippen LogP contribution in [-0.4, -0.2) is 47.5 Å². The number of likely N-dealkylation sites (N-methyl/N-ethyl adjacent to an activating group) is 1. The normalized spacial score (nSPS) is 22.2. The number of carbonyl (C=O) groups excluding carboxylic acids is 2. The molecule has 20 heavy (non-hydrogen) atoms. The Morgan fingerprint density at radius 1 is 1.30 bits per heavy atom. The molecule has 1 saturated heterocycles. The number of aryl methyl sites for hydroxylation is 1. The summed E-state index contributed by atoms with van der Waals surface area (Å²) in [5.41, 5.74) is 2.26. The smallest absolute Gasteiger partial charge is 0.241 e. The minimum absolute atomic E-state index is 0.0378. The van der Waals surface area contributed by atoms with Gasteiger partial charge < -0.3 is 9.80 Å². The number of nitrogens with zero attached hydrogens (tertiary/aromatic N) is 2. The van der Waals surface area contributed by atoms with Crippen molar-refractivity contribution in [2.75, 3.05) is 20.6 Å². The number of thioether (sulfide) groups is 1. The second-order valence-corrected chi connectivity index (χ2v) is 6.72. The first kappa shape index (κ1) is 14.9. The van der Waals surface area contributed by atoms with Crippen molar-refractivity contribution >= 4 is 23.6 Å². The van der Waals surface area contributed by atoms with Gasteiger partial charge in [-0.2, -0.15) is 0 Å². The highest BCUT2D eigenvalue weighted by Crippen LogP contribution is 2.42. The fraction of sp³-hybridized carbons (Fsp3) is 0.467. The molecular weight excluding hydrogens is 272 g/mol. The topological polar surface area (TPSA) is 40.6 Å². The van der Waals surface area contributed by atoms with Crippen molar-refractivity contribution in [2.45, 2.75) is 24.5 Å². The number of hydrogen-bond donors (Lipinski definition) is 0. The first-order chi connectivity index (χ1) is 9.40. The van der Waals surface area contributed by atoms with Crippen LogP contribution in [0.1, 0.15) is 23.4 Å². The monoisotopic (exact) mass is 292 g/mol. The molecule has 1 aliphatic rings. The maximum absolute atomic E-state index is 12.2. The van der Waals surface area contributed by atoms with Crippen molar-refractivity contribution in [3.8, 4) is 0 Å². The molecule has 2 atom stereocenters. The summed E-state index contributed by atoms with van der Waals surface area (Å²) in [7, 11) is 3.42. The van der Waals surface area contributed by atoms with Crippen molar-refractivity contribution in [3.05, 3.63) is 35.4 Å². The fourth-order valence-electron chi connectivity index (χ4n) is 2.11. The summed E-state index contributed by atoms with van der Waals surface area (Å²) < 4.78 is 0. The zero-order valence-corrected chi connectivity index (χ0v) is 13.1. The SMILES string of the molecule is Cc1ccc(C2SC(C)C(=O)N2CC(=O)N(C)C)cc1. The van der Waals surface area contributed by atoms with Crippen LogP contribution in [0.3, 0.4) is 0 Å². The van der Waals surface area contributed by atoms with Gasteiger partial charge in [-0.1, -0.05) is 29.8 Å². The molecule has 1 aromatic carbocycles. The molecule has 2 unspecified atom stereocenters. The van der Waals surface area contributed by atoms with Crippen molar-refractivity contribution in [1.29, 1.82) is 0 Å². The van der Waals surface area contributed by atoms with Crippen LogP contribution in [0.15, 0.2) is 24.3 Å². The lowest BCUT2D eigenvalue weighted by molar-refractivity contribution is -0.138. The second-order valence-electron chi connectivity index (χ2n) is 5.30. The predicted molar refractivity (Wildman–Crippen MR) is 81.4 cm³/mol. The van der Waals surface area contributed by atoms with Crippen LogP contribution >= 0.6 is 11.8 Å². The van der Waals surface area contributed by atoms with E-state index in [1.54, 1.807) is 30.8 Å². The van der Waals surface area contributed by atoms with E-state index < -0.39 is 0 Å². The van der Waals surface area contributed by atoms with Gasteiger partial charge in [-0.15, -0.1) is 11.8 Å². The van der Waals surface area contributed by atoms with E-state index in [9.17, 15) is 9.59 Å². The molecule has 0 radical (unpaired) electrons. The lowest BCUT2D eigenvalue weighted by Crippen LogP contribution is -2.39. The molecule has 1 aromatic rings. The molecule has 1 aliphatic heterocycles. The Labute approximate surface area is 124 Å². The number of carbonyl (C=O) groups is 2. The molecule has 0 saturated carbocycles. The van der Waals surface area contributed by atoms with E-state index in [1.165, 1.54) is 10.5 Å². The largest absolute Gasteiger partial charge is 0.347 e. The zero-order valence-electron chi connectivity index (χ0n) is 12.3. The van der Waals surface area contributed by atoms with Gasteiger partial charge in [0.1, 0.15) is 11.9 Å². The van der Waals surface area contributed by atoms with E-state index in [1.807, 2.05) is 38.1 Å². The third-order valence-electron chi connectivity index (χ3n) is 3.41. The zero-order chi connectivity index (χ0) is 14.9. The van der Waals surface area contributed by atoms with Gasteiger partial charge in [0.05, 0.1) is 5.25 Å². The highest BCUT2D eigenvalue weighted by molar-refractivity contribution is 8.01. The Bertz CT molecular complexity index is 513. The van der Waals surface area contributed by atoms with Crippen LogP contribution in [0.5, 0.6) is 0 Å². The lowest BCUT2D eigenvalue weighted by Gasteiger charge is -2.25. The summed E-state index contributed by atoms with van der Waals surface area (Å²) in [4.78, 5) is 27.4. The van der Waals surface area contributed by atoms with Crippen molar-refractivity contribution in [2.24, 2.45) is 0 Å². The maximum atomic E-state index is 12.2. The Hall–Kier alpha value is -1.49. The number of hydrogen-bond acceptors (Lipinski definition) is 3. The van der Waals surface area contributed by atoms with Crippen molar-refractivity contribution in [1.82, 2.24) is 9.80 Å². The fourth-order valence-corrected chi connectivity index (χ4v) is 3.39. The molecule has 2 rings (SSSR count). The summed E-state index contributed by atoms with van der Waals surface area (Å²) in [6.07, 6.45) is 0. The van der Waals surface area contributed by atoms with Crippen LogP contribution in [0, 0.1) is 6.92 Å². The molecule has 4 nitrogen and oxygen atoms in total. The Kier molecular flexibility index (Phi) is 4.38. The summed E-state index contributed by atoms with van der Waals surface area (Å²) in [6, 6.07) is 8.14. The van der Waals surface area contributed by atoms with Crippen molar-refractivity contribution < 1.29 is 9.59 Å². The van der Waals surface area contributed by atoms with Crippen LogP contribution in [0.4, 0.5) is 0 Å². The van der Waals surface area contributed by atoms with Gasteiger partial charge >= 0.3 is 0 Å². The number of benzene rings is 1. The molecule has 0 bridgehead atoms. The molecule has 5 heteroatoms. The van der Waals surface area contributed by atoms with Gasteiger partial charge in [-0.25, -0.2) is 0 Å². The van der Waals surface area contributed by atoms with E-state index in [0.717, 1.165) is 5.56 Å². The highest BCUT2D eigenvalue weighted by atomic mass is 32.2. The average molecular weight is 292 g/mol. The van der Waals surface area contributed by atoms with E-state index in [2.05, 4.69) is 0 Å². The summed E-state index contributed by atoms with van der Waals surface area (Å²) >= 11 is 1.60. The minimum Gasteiger partial charge on any atom is -0.347 e. The summed E-state index contributed by atoms with van der Waals surface area (Å²) in [5, 5.41) is -0.168. The third-order valence-corrected chi connectivity index (χ3v) is 4.81. The predicted octanol–water partition coefficient (Wildman–Crippen LogP) is 2.05. The Balaban J connectivity index is 2.23. The molecule has 0 N–H and O–H groups in total. The van der Waals surface area contributed by atoms with Crippen LogP contribution in [0.2, 0.25) is 0 Å². The molecule has 2 amide bonds. The Morgan fingerprint density at radius 2 is 1.90 bits per heavy atom. The van der Waals surface area contributed by atoms with Gasteiger partial charge in [0, 0.05) is 14.1 Å². The first-order valence-electron chi connectivity index (χ1n) is 6.63. The van der Waals surface area contributed by atoms with Crippen LogP contribution in [-0.2, 0) is 9.59 Å². The van der Waals surface area contributed by atoms with Gasteiger partial charge in [-0.3, -0.25) is 9.59 Å². The molecule has 0 spiro atoms. The Morgan fingerprint density at radius 3 is 2.45 bits per heavy atom. The van der Waals surface area contributed by atoms with Gasteiger partial charge in [-0.05, 0) is 19.4 Å². The van der Waals surface area contributed by atoms with Crippen LogP contribution in [0.25, 0.3) is 0 Å². The quantitative estimate of drug-likeness (QED) is 0.856. The van der Waals surface area contributed by atoms with Crippen molar-refractivity contribution in [3.63, 3.8) is 0 Å². The van der Waals surface area contributed by atoms with E-state index in [-0.39, 0.29) is 29.0 Å². The second kappa shape index (κ2) is 5.87. The van der Waals surface area contributed by atoms with E-state index >= 15 is 0 Å². The van der Waals surface area contributed by atoms with E-state index in [0.29, 0.717) is 0 Å². The summed E-state index contributed by atoms with van der Waals surface area (Å²) in [6.45, 7) is 4.07. The molecule has 1 heterocycles. The van der Waals surface area contributed by atoms with Gasteiger partial charge in [0.25, 0.3) is 0 Å². The molecule has 1 fully saturated rings. The standard InChI is InChI=1S/C15H20N2O2S/c1-10-5-7-12(8-6-10)15-17(9-13(18)16(3)4)14(19)11(2)20-15/h5-8,11,15H,9H2,1-4H3. The summed E-state index contributed by atoms with van der Waals surface area (Å²) in [5.74, 6) is -0.0130. The molecule has 108 valence electrons. The van der Waals surface area contributed by atoms with Gasteiger partial charge in [0.15, 0.2) is 0 Å². The third kappa shape index (κ3) is 2.98. The van der Waals surface area contributed by atoms with Gasteiger partial charge in [0.2, 0.25) is 11.8 Å². The minimum atomic E-state index is -0.101. The maximum Gasteiger partial charge on any atom is 0.241 e. The number of rotatable bonds is 3. The highest BCUT2D eigenvalue weighted by Gasteiger charge is 2.39. The molecular formula is C15H20N2O2S. The lowest BCUT2D eigenvalue weighted by atomic mass is 10.1. The first-order valence-corrected chi connectivity index (χ1v) is 7.57.